The van der Waals surface area contributed by atoms with Crippen LogP contribution in [0.2, 0.25) is 0 Å². The number of rotatable bonds is 4. The van der Waals surface area contributed by atoms with E-state index in [2.05, 4.69) is 5.43 Å². The number of hydrazine groups is 1. The largest absolute Gasteiger partial charge is 0.496 e. The second kappa shape index (κ2) is 5.16. The molecule has 1 rings (SSSR count). The molecule has 90 valence electrons. The predicted octanol–water partition coefficient (Wildman–Crippen LogP) is 0.741. The fraction of sp³-hybridized carbons (Fsp3) is 0.455. The molecule has 1 aromatic rings. The van der Waals surface area contributed by atoms with Gasteiger partial charge in [-0.2, -0.15) is 0 Å². The van der Waals surface area contributed by atoms with E-state index in [4.69, 9.17) is 21.1 Å². The molecule has 0 aliphatic heterocycles. The topological polar surface area (TPSA) is 82.5 Å². The quantitative estimate of drug-likeness (QED) is 0.400. The molecule has 16 heavy (non-hydrogen) atoms. The molecule has 5 nitrogen and oxygen atoms in total. The molecule has 1 atom stereocenters. The first-order valence-electron chi connectivity index (χ1n) is 5.00. The average Bonchev–Trinajstić information content (AvgIpc) is 2.31. The van der Waals surface area contributed by atoms with Crippen molar-refractivity contribution in [3.63, 3.8) is 0 Å². The Bertz CT molecular complexity index is 380. The summed E-state index contributed by atoms with van der Waals surface area (Å²) in [5.41, 5.74) is 11.2. The molecule has 0 amide bonds. The SMILES string of the molecule is COc1cc(C(N)NN)c(OC)c(C)c1C. The van der Waals surface area contributed by atoms with Crippen molar-refractivity contribution in [3.8, 4) is 11.5 Å². The van der Waals surface area contributed by atoms with Gasteiger partial charge in [-0.25, -0.2) is 5.43 Å². The van der Waals surface area contributed by atoms with Gasteiger partial charge < -0.3 is 15.2 Å². The van der Waals surface area contributed by atoms with Gasteiger partial charge in [0.15, 0.2) is 0 Å². The minimum Gasteiger partial charge on any atom is -0.496 e. The first-order chi connectivity index (χ1) is 7.56. The lowest BCUT2D eigenvalue weighted by molar-refractivity contribution is 0.386. The Balaban J connectivity index is 3.40. The first-order valence-corrected chi connectivity index (χ1v) is 5.00. The van der Waals surface area contributed by atoms with Crippen LogP contribution in [0, 0.1) is 13.8 Å². The Morgan fingerprint density at radius 1 is 1.19 bits per heavy atom. The second-order valence-corrected chi connectivity index (χ2v) is 3.60. The van der Waals surface area contributed by atoms with Gasteiger partial charge in [-0.1, -0.05) is 0 Å². The standard InChI is InChI=1S/C11H19N3O2/c1-6-7(2)10(16-4)8(11(12)14-13)5-9(6)15-3/h5,11,14H,12-13H2,1-4H3. The van der Waals surface area contributed by atoms with Crippen molar-refractivity contribution in [2.75, 3.05) is 14.2 Å². The molecule has 1 aromatic carbocycles. The van der Waals surface area contributed by atoms with Crippen LogP contribution in [0.3, 0.4) is 0 Å². The lowest BCUT2D eigenvalue weighted by atomic mass is 10.0. The molecule has 1 unspecified atom stereocenters. The van der Waals surface area contributed by atoms with Crippen LogP contribution >= 0.6 is 0 Å². The number of nitrogens with two attached hydrogens (primary N) is 2. The molecule has 0 saturated heterocycles. The predicted molar refractivity (Wildman–Crippen MR) is 63.3 cm³/mol. The highest BCUT2D eigenvalue weighted by molar-refractivity contribution is 5.53. The molecular formula is C11H19N3O2. The summed E-state index contributed by atoms with van der Waals surface area (Å²) in [5.74, 6) is 6.85. The summed E-state index contributed by atoms with van der Waals surface area (Å²) in [6.45, 7) is 3.94. The Morgan fingerprint density at radius 2 is 1.81 bits per heavy atom. The van der Waals surface area contributed by atoms with Crippen LogP contribution in [0.5, 0.6) is 11.5 Å². The van der Waals surface area contributed by atoms with Crippen LogP contribution in [-0.2, 0) is 0 Å². The molecular weight excluding hydrogens is 206 g/mol. The third-order valence-electron chi connectivity index (χ3n) is 2.76. The van der Waals surface area contributed by atoms with Crippen LogP contribution < -0.4 is 26.5 Å². The van der Waals surface area contributed by atoms with E-state index in [0.717, 1.165) is 28.2 Å². The highest BCUT2D eigenvalue weighted by Crippen LogP contribution is 2.35. The maximum atomic E-state index is 5.84. The molecule has 0 aliphatic carbocycles. The average molecular weight is 225 g/mol. The summed E-state index contributed by atoms with van der Waals surface area (Å²) < 4.78 is 10.6. The summed E-state index contributed by atoms with van der Waals surface area (Å²) in [5, 5.41) is 0. The summed E-state index contributed by atoms with van der Waals surface area (Å²) in [6.07, 6.45) is -0.483. The van der Waals surface area contributed by atoms with Crippen molar-refractivity contribution in [2.45, 2.75) is 20.0 Å². The van der Waals surface area contributed by atoms with E-state index in [1.54, 1.807) is 14.2 Å². The lowest BCUT2D eigenvalue weighted by Crippen LogP contribution is -2.34. The van der Waals surface area contributed by atoms with Gasteiger partial charge in [-0.3, -0.25) is 5.84 Å². The smallest absolute Gasteiger partial charge is 0.128 e. The molecule has 0 aromatic heterocycles. The van der Waals surface area contributed by atoms with Gasteiger partial charge in [0, 0.05) is 5.56 Å². The molecule has 0 heterocycles. The monoisotopic (exact) mass is 225 g/mol. The zero-order chi connectivity index (χ0) is 12.3. The lowest BCUT2D eigenvalue weighted by Gasteiger charge is -2.20. The van der Waals surface area contributed by atoms with E-state index < -0.39 is 6.17 Å². The second-order valence-electron chi connectivity index (χ2n) is 3.60. The van der Waals surface area contributed by atoms with Gasteiger partial charge in [0.25, 0.3) is 0 Å². The van der Waals surface area contributed by atoms with Crippen molar-refractivity contribution in [2.24, 2.45) is 11.6 Å². The summed E-state index contributed by atoms with van der Waals surface area (Å²) >= 11 is 0. The third kappa shape index (κ3) is 2.11. The maximum absolute atomic E-state index is 5.84. The fourth-order valence-corrected chi connectivity index (χ4v) is 1.69. The number of benzene rings is 1. The van der Waals surface area contributed by atoms with Crippen LogP contribution in [-0.4, -0.2) is 14.2 Å². The van der Waals surface area contributed by atoms with Crippen molar-refractivity contribution in [1.29, 1.82) is 0 Å². The maximum Gasteiger partial charge on any atom is 0.128 e. The number of nitrogens with one attached hydrogen (secondary N) is 1. The van der Waals surface area contributed by atoms with Crippen molar-refractivity contribution in [3.05, 3.63) is 22.8 Å². The Morgan fingerprint density at radius 3 is 2.25 bits per heavy atom. The van der Waals surface area contributed by atoms with Gasteiger partial charge in [-0.15, -0.1) is 0 Å². The van der Waals surface area contributed by atoms with Crippen molar-refractivity contribution >= 4 is 0 Å². The number of hydrogen-bond donors (Lipinski definition) is 3. The van der Waals surface area contributed by atoms with Crippen LogP contribution in [0.1, 0.15) is 22.9 Å². The van der Waals surface area contributed by atoms with E-state index in [1.165, 1.54) is 0 Å². The van der Waals surface area contributed by atoms with Gasteiger partial charge in [0.1, 0.15) is 11.5 Å². The highest BCUT2D eigenvalue weighted by Gasteiger charge is 2.17. The van der Waals surface area contributed by atoms with Crippen molar-refractivity contribution in [1.82, 2.24) is 5.43 Å². The van der Waals surface area contributed by atoms with E-state index in [-0.39, 0.29) is 0 Å². The van der Waals surface area contributed by atoms with Crippen LogP contribution in [0.4, 0.5) is 0 Å². The molecule has 5 N–H and O–H groups in total. The Labute approximate surface area is 95.7 Å². The third-order valence-corrected chi connectivity index (χ3v) is 2.76. The Kier molecular flexibility index (Phi) is 4.12. The molecule has 0 spiro atoms. The van der Waals surface area contributed by atoms with E-state index in [1.807, 2.05) is 19.9 Å². The minimum atomic E-state index is -0.483. The minimum absolute atomic E-state index is 0.483. The van der Waals surface area contributed by atoms with Gasteiger partial charge in [-0.05, 0) is 31.0 Å². The number of hydrogen-bond acceptors (Lipinski definition) is 5. The van der Waals surface area contributed by atoms with Crippen molar-refractivity contribution < 1.29 is 9.47 Å². The van der Waals surface area contributed by atoms with Gasteiger partial charge in [0.05, 0.1) is 20.4 Å². The molecule has 0 bridgehead atoms. The summed E-state index contributed by atoms with van der Waals surface area (Å²) in [7, 11) is 3.24. The van der Waals surface area contributed by atoms with Gasteiger partial charge >= 0.3 is 0 Å². The van der Waals surface area contributed by atoms with Crippen LogP contribution in [0.15, 0.2) is 6.07 Å². The Hall–Kier alpha value is -1.30. The summed E-state index contributed by atoms with van der Waals surface area (Å²) in [6, 6.07) is 1.84. The van der Waals surface area contributed by atoms with Crippen LogP contribution in [0.25, 0.3) is 0 Å². The normalized spacial score (nSPS) is 12.4. The van der Waals surface area contributed by atoms with E-state index in [0.29, 0.717) is 0 Å². The van der Waals surface area contributed by atoms with E-state index in [9.17, 15) is 0 Å². The fourth-order valence-electron chi connectivity index (χ4n) is 1.69. The van der Waals surface area contributed by atoms with Gasteiger partial charge in [0.2, 0.25) is 0 Å². The zero-order valence-corrected chi connectivity index (χ0v) is 10.1. The summed E-state index contributed by atoms with van der Waals surface area (Å²) in [4.78, 5) is 0. The van der Waals surface area contributed by atoms with E-state index >= 15 is 0 Å². The number of ether oxygens (including phenoxy) is 2. The molecule has 5 heteroatoms. The number of methoxy groups -OCH3 is 2. The first kappa shape index (κ1) is 12.8. The highest BCUT2D eigenvalue weighted by atomic mass is 16.5. The molecule has 0 radical (unpaired) electrons. The molecule has 0 saturated carbocycles. The molecule has 0 aliphatic rings. The zero-order valence-electron chi connectivity index (χ0n) is 10.1. The molecule has 0 fully saturated rings.